The van der Waals surface area contributed by atoms with Crippen LogP contribution >= 0.6 is 11.6 Å². The SMILES string of the molecule is CCC(C)(N)c1nc(-c2ncccc2Cl)no1. The van der Waals surface area contributed by atoms with Gasteiger partial charge in [0.2, 0.25) is 11.7 Å². The Morgan fingerprint density at radius 2 is 2.29 bits per heavy atom. The summed E-state index contributed by atoms with van der Waals surface area (Å²) < 4.78 is 5.14. The second-order valence-corrected chi connectivity index (χ2v) is 4.44. The van der Waals surface area contributed by atoms with E-state index in [1.165, 1.54) is 0 Å². The molecule has 0 aliphatic rings. The second kappa shape index (κ2) is 4.43. The van der Waals surface area contributed by atoms with Gasteiger partial charge in [0.25, 0.3) is 0 Å². The fraction of sp³-hybridized carbons (Fsp3) is 0.364. The lowest BCUT2D eigenvalue weighted by molar-refractivity contribution is 0.291. The van der Waals surface area contributed by atoms with E-state index in [1.54, 1.807) is 18.3 Å². The van der Waals surface area contributed by atoms with E-state index < -0.39 is 5.54 Å². The number of nitrogens with two attached hydrogens (primary N) is 1. The minimum absolute atomic E-state index is 0.357. The number of hydrogen-bond donors (Lipinski definition) is 1. The number of hydrogen-bond acceptors (Lipinski definition) is 5. The summed E-state index contributed by atoms with van der Waals surface area (Å²) in [6, 6.07) is 3.47. The number of halogens is 1. The summed E-state index contributed by atoms with van der Waals surface area (Å²) in [6.07, 6.45) is 2.32. The van der Waals surface area contributed by atoms with Gasteiger partial charge < -0.3 is 10.3 Å². The second-order valence-electron chi connectivity index (χ2n) is 4.03. The number of rotatable bonds is 3. The molecule has 0 saturated heterocycles. The van der Waals surface area contributed by atoms with E-state index in [2.05, 4.69) is 15.1 Å². The molecular formula is C11H13ClN4O. The molecular weight excluding hydrogens is 240 g/mol. The van der Waals surface area contributed by atoms with Crippen molar-refractivity contribution in [2.45, 2.75) is 25.8 Å². The summed E-state index contributed by atoms with van der Waals surface area (Å²) in [6.45, 7) is 3.79. The van der Waals surface area contributed by atoms with Gasteiger partial charge in [-0.2, -0.15) is 4.98 Å². The average molecular weight is 253 g/mol. The molecule has 0 aliphatic heterocycles. The van der Waals surface area contributed by atoms with Crippen LogP contribution in [0.1, 0.15) is 26.2 Å². The first-order chi connectivity index (χ1) is 8.04. The third kappa shape index (κ3) is 2.30. The molecule has 0 saturated carbocycles. The molecule has 0 aromatic carbocycles. The maximum absolute atomic E-state index is 6.02. The normalized spacial score (nSPS) is 14.6. The van der Waals surface area contributed by atoms with Crippen LogP contribution in [-0.4, -0.2) is 15.1 Å². The number of nitrogens with zero attached hydrogens (tertiary/aromatic N) is 3. The minimum atomic E-state index is -0.632. The van der Waals surface area contributed by atoms with Crippen molar-refractivity contribution in [3.63, 3.8) is 0 Å². The van der Waals surface area contributed by atoms with E-state index in [0.29, 0.717) is 28.9 Å². The molecule has 0 spiro atoms. The molecule has 2 aromatic heterocycles. The van der Waals surface area contributed by atoms with Gasteiger partial charge >= 0.3 is 0 Å². The molecule has 90 valence electrons. The molecule has 1 atom stereocenters. The Morgan fingerprint density at radius 1 is 1.53 bits per heavy atom. The molecule has 2 N–H and O–H groups in total. The largest absolute Gasteiger partial charge is 0.337 e. The average Bonchev–Trinajstić information content (AvgIpc) is 2.79. The van der Waals surface area contributed by atoms with Gasteiger partial charge in [-0.05, 0) is 25.5 Å². The van der Waals surface area contributed by atoms with E-state index in [1.807, 2.05) is 13.8 Å². The van der Waals surface area contributed by atoms with E-state index in [4.69, 9.17) is 21.9 Å². The Kier molecular flexibility index (Phi) is 3.13. The van der Waals surface area contributed by atoms with Gasteiger partial charge in [-0.15, -0.1) is 0 Å². The van der Waals surface area contributed by atoms with Gasteiger partial charge in [0.15, 0.2) is 0 Å². The van der Waals surface area contributed by atoms with E-state index in [9.17, 15) is 0 Å². The maximum Gasteiger partial charge on any atom is 0.246 e. The van der Waals surface area contributed by atoms with Crippen LogP contribution in [0.3, 0.4) is 0 Å². The third-order valence-corrected chi connectivity index (χ3v) is 2.92. The zero-order valence-corrected chi connectivity index (χ0v) is 10.4. The van der Waals surface area contributed by atoms with Gasteiger partial charge in [-0.3, -0.25) is 4.98 Å². The molecule has 0 amide bonds. The van der Waals surface area contributed by atoms with Crippen molar-refractivity contribution in [1.82, 2.24) is 15.1 Å². The molecule has 1 unspecified atom stereocenters. The fourth-order valence-corrected chi connectivity index (χ4v) is 1.46. The molecule has 2 heterocycles. The van der Waals surface area contributed by atoms with Crippen LogP contribution in [0.25, 0.3) is 11.5 Å². The standard InChI is InChI=1S/C11H13ClN4O/c1-3-11(2,13)10-15-9(16-17-10)8-7(12)5-4-6-14-8/h4-6H,3,13H2,1-2H3. The Morgan fingerprint density at radius 3 is 2.94 bits per heavy atom. The zero-order chi connectivity index (χ0) is 12.5. The first-order valence-corrected chi connectivity index (χ1v) is 5.66. The van der Waals surface area contributed by atoms with Crippen LogP contribution < -0.4 is 5.73 Å². The fourth-order valence-electron chi connectivity index (χ4n) is 1.25. The highest BCUT2D eigenvalue weighted by Gasteiger charge is 2.27. The first kappa shape index (κ1) is 12.0. The Balaban J connectivity index is 2.40. The summed E-state index contributed by atoms with van der Waals surface area (Å²) in [5.74, 6) is 0.743. The molecule has 2 aromatic rings. The van der Waals surface area contributed by atoms with Crippen molar-refractivity contribution < 1.29 is 4.52 Å². The van der Waals surface area contributed by atoms with Gasteiger partial charge in [-0.25, -0.2) is 0 Å². The lowest BCUT2D eigenvalue weighted by atomic mass is 10.0. The Labute approximate surface area is 104 Å². The molecule has 17 heavy (non-hydrogen) atoms. The highest BCUT2D eigenvalue weighted by molar-refractivity contribution is 6.32. The quantitative estimate of drug-likeness (QED) is 0.907. The van der Waals surface area contributed by atoms with Crippen molar-refractivity contribution in [3.8, 4) is 11.5 Å². The van der Waals surface area contributed by atoms with Gasteiger partial charge in [0.1, 0.15) is 5.69 Å². The predicted octanol–water partition coefficient (Wildman–Crippen LogP) is 2.37. The first-order valence-electron chi connectivity index (χ1n) is 5.28. The van der Waals surface area contributed by atoms with Crippen LogP contribution in [0, 0.1) is 0 Å². The monoisotopic (exact) mass is 252 g/mol. The molecule has 0 radical (unpaired) electrons. The topological polar surface area (TPSA) is 77.8 Å². The molecule has 2 rings (SSSR count). The van der Waals surface area contributed by atoms with Crippen molar-refractivity contribution >= 4 is 11.6 Å². The summed E-state index contributed by atoms with van der Waals surface area (Å²) in [7, 11) is 0. The minimum Gasteiger partial charge on any atom is -0.337 e. The maximum atomic E-state index is 6.02. The summed E-state index contributed by atoms with van der Waals surface area (Å²) in [5, 5.41) is 4.33. The van der Waals surface area contributed by atoms with Gasteiger partial charge in [0, 0.05) is 6.20 Å². The smallest absolute Gasteiger partial charge is 0.246 e. The molecule has 0 fully saturated rings. The molecule has 0 bridgehead atoms. The Hall–Kier alpha value is -1.46. The van der Waals surface area contributed by atoms with Crippen LogP contribution in [0.4, 0.5) is 0 Å². The molecule has 5 nitrogen and oxygen atoms in total. The lowest BCUT2D eigenvalue weighted by Gasteiger charge is -2.16. The van der Waals surface area contributed by atoms with Crippen LogP contribution in [-0.2, 0) is 5.54 Å². The van der Waals surface area contributed by atoms with E-state index in [0.717, 1.165) is 0 Å². The summed E-state index contributed by atoms with van der Waals surface area (Å²) >= 11 is 6.00. The molecule has 0 aliphatic carbocycles. The number of pyridine rings is 1. The van der Waals surface area contributed by atoms with Crippen molar-refractivity contribution in [2.75, 3.05) is 0 Å². The van der Waals surface area contributed by atoms with E-state index in [-0.39, 0.29) is 0 Å². The lowest BCUT2D eigenvalue weighted by Crippen LogP contribution is -2.32. The van der Waals surface area contributed by atoms with Crippen molar-refractivity contribution in [2.24, 2.45) is 5.73 Å². The molecule has 6 heteroatoms. The van der Waals surface area contributed by atoms with Crippen LogP contribution in [0.2, 0.25) is 5.02 Å². The predicted molar refractivity (Wildman–Crippen MR) is 64.4 cm³/mol. The van der Waals surface area contributed by atoms with Crippen molar-refractivity contribution in [3.05, 3.63) is 29.2 Å². The zero-order valence-electron chi connectivity index (χ0n) is 9.64. The Bertz CT molecular complexity index is 524. The van der Waals surface area contributed by atoms with Crippen LogP contribution in [0.5, 0.6) is 0 Å². The number of aromatic nitrogens is 3. The van der Waals surface area contributed by atoms with Crippen LogP contribution in [0.15, 0.2) is 22.9 Å². The van der Waals surface area contributed by atoms with Gasteiger partial charge in [0.05, 0.1) is 10.6 Å². The third-order valence-electron chi connectivity index (χ3n) is 2.62. The summed E-state index contributed by atoms with van der Waals surface area (Å²) in [4.78, 5) is 8.35. The summed E-state index contributed by atoms with van der Waals surface area (Å²) in [5.41, 5.74) is 5.88. The highest BCUT2D eigenvalue weighted by Crippen LogP contribution is 2.25. The van der Waals surface area contributed by atoms with E-state index >= 15 is 0 Å². The van der Waals surface area contributed by atoms with Gasteiger partial charge in [-0.1, -0.05) is 23.7 Å². The highest BCUT2D eigenvalue weighted by atomic mass is 35.5. The van der Waals surface area contributed by atoms with Crippen molar-refractivity contribution in [1.29, 1.82) is 0 Å².